The number of nitrogens with one attached hydrogen (secondary N) is 1. The van der Waals surface area contributed by atoms with Crippen molar-refractivity contribution in [3.05, 3.63) is 29.8 Å². The summed E-state index contributed by atoms with van der Waals surface area (Å²) in [6, 6.07) is 7.42. The van der Waals surface area contributed by atoms with E-state index in [0.29, 0.717) is 6.54 Å². The van der Waals surface area contributed by atoms with Gasteiger partial charge >= 0.3 is 0 Å². The fourth-order valence-corrected chi connectivity index (χ4v) is 1.79. The summed E-state index contributed by atoms with van der Waals surface area (Å²) in [5.41, 5.74) is 7.00. The quantitative estimate of drug-likeness (QED) is 0.788. The SMILES string of the molecule is CCC(C)[C@H](N)C(=O)NCCc1cccc(OC)c1. The van der Waals surface area contributed by atoms with Gasteiger partial charge < -0.3 is 15.8 Å². The van der Waals surface area contributed by atoms with Gasteiger partial charge in [-0.2, -0.15) is 0 Å². The highest BCUT2D eigenvalue weighted by molar-refractivity contribution is 5.81. The van der Waals surface area contributed by atoms with E-state index >= 15 is 0 Å². The predicted octanol–water partition coefficient (Wildman–Crippen LogP) is 1.73. The van der Waals surface area contributed by atoms with Gasteiger partial charge in [0, 0.05) is 6.54 Å². The number of carbonyl (C=O) groups is 1. The first kappa shape index (κ1) is 15.5. The normalized spacial score (nSPS) is 13.7. The van der Waals surface area contributed by atoms with E-state index in [1.807, 2.05) is 38.1 Å². The molecular weight excluding hydrogens is 240 g/mol. The number of carbonyl (C=O) groups excluding carboxylic acids is 1. The number of rotatable bonds is 7. The van der Waals surface area contributed by atoms with Crippen LogP contribution in [0.5, 0.6) is 5.75 Å². The summed E-state index contributed by atoms with van der Waals surface area (Å²) in [5, 5.41) is 2.88. The van der Waals surface area contributed by atoms with Crippen LogP contribution in [0.2, 0.25) is 0 Å². The first-order valence-corrected chi connectivity index (χ1v) is 6.74. The van der Waals surface area contributed by atoms with Crippen molar-refractivity contribution >= 4 is 5.91 Å². The summed E-state index contributed by atoms with van der Waals surface area (Å²) in [4.78, 5) is 11.8. The zero-order valence-electron chi connectivity index (χ0n) is 12.0. The number of benzene rings is 1. The highest BCUT2D eigenvalue weighted by Crippen LogP contribution is 2.12. The Kier molecular flexibility index (Phi) is 6.36. The first-order chi connectivity index (χ1) is 9.08. The van der Waals surface area contributed by atoms with E-state index in [-0.39, 0.29) is 11.8 Å². The Balaban J connectivity index is 2.39. The van der Waals surface area contributed by atoms with Crippen molar-refractivity contribution in [3.63, 3.8) is 0 Å². The van der Waals surface area contributed by atoms with Crippen molar-refractivity contribution < 1.29 is 9.53 Å². The molecule has 1 unspecified atom stereocenters. The van der Waals surface area contributed by atoms with E-state index in [0.717, 1.165) is 24.2 Å². The minimum absolute atomic E-state index is 0.0720. The molecule has 0 saturated heterocycles. The summed E-state index contributed by atoms with van der Waals surface area (Å²) in [5.74, 6) is 0.967. The van der Waals surface area contributed by atoms with Crippen molar-refractivity contribution in [3.8, 4) is 5.75 Å². The number of amides is 1. The van der Waals surface area contributed by atoms with Crippen LogP contribution in [0.25, 0.3) is 0 Å². The van der Waals surface area contributed by atoms with Gasteiger partial charge in [0.2, 0.25) is 5.91 Å². The Bertz CT molecular complexity index is 407. The Morgan fingerprint density at radius 2 is 2.21 bits per heavy atom. The molecule has 0 aliphatic heterocycles. The molecule has 4 nitrogen and oxygen atoms in total. The Hall–Kier alpha value is -1.55. The smallest absolute Gasteiger partial charge is 0.237 e. The van der Waals surface area contributed by atoms with Crippen molar-refractivity contribution in [2.24, 2.45) is 11.7 Å². The number of nitrogens with two attached hydrogens (primary N) is 1. The van der Waals surface area contributed by atoms with E-state index in [1.165, 1.54) is 0 Å². The highest BCUT2D eigenvalue weighted by atomic mass is 16.5. The molecule has 1 aromatic carbocycles. The maximum absolute atomic E-state index is 11.8. The van der Waals surface area contributed by atoms with Gasteiger partial charge in [0.05, 0.1) is 13.2 Å². The molecule has 0 saturated carbocycles. The fraction of sp³-hybridized carbons (Fsp3) is 0.533. The summed E-state index contributed by atoms with van der Waals surface area (Å²) >= 11 is 0. The molecular formula is C15H24N2O2. The third-order valence-corrected chi connectivity index (χ3v) is 3.41. The molecule has 1 rings (SSSR count). The molecule has 1 aromatic rings. The molecule has 2 atom stereocenters. The Labute approximate surface area is 115 Å². The molecule has 106 valence electrons. The van der Waals surface area contributed by atoms with E-state index in [9.17, 15) is 4.79 Å². The zero-order valence-corrected chi connectivity index (χ0v) is 12.0. The highest BCUT2D eigenvalue weighted by Gasteiger charge is 2.18. The van der Waals surface area contributed by atoms with Gasteiger partial charge in [-0.25, -0.2) is 0 Å². The van der Waals surface area contributed by atoms with Crippen LogP contribution in [0.3, 0.4) is 0 Å². The molecule has 3 N–H and O–H groups in total. The Morgan fingerprint density at radius 1 is 1.47 bits per heavy atom. The third kappa shape index (κ3) is 4.91. The van der Waals surface area contributed by atoms with Gasteiger partial charge in [0.1, 0.15) is 5.75 Å². The molecule has 1 amide bonds. The summed E-state index contributed by atoms with van der Waals surface area (Å²) in [7, 11) is 1.64. The van der Waals surface area contributed by atoms with Crippen LogP contribution in [-0.4, -0.2) is 25.6 Å². The molecule has 0 aliphatic carbocycles. The molecule has 0 heterocycles. The molecule has 0 fully saturated rings. The minimum Gasteiger partial charge on any atom is -0.497 e. The zero-order chi connectivity index (χ0) is 14.3. The lowest BCUT2D eigenvalue weighted by Gasteiger charge is -2.17. The largest absolute Gasteiger partial charge is 0.497 e. The topological polar surface area (TPSA) is 64.4 Å². The second-order valence-electron chi connectivity index (χ2n) is 4.80. The minimum atomic E-state index is -0.421. The lowest BCUT2D eigenvalue weighted by atomic mass is 9.99. The second kappa shape index (κ2) is 7.79. The maximum atomic E-state index is 11.8. The van der Waals surface area contributed by atoms with Crippen LogP contribution in [0.1, 0.15) is 25.8 Å². The standard InChI is InChI=1S/C15H24N2O2/c1-4-11(2)14(16)15(18)17-9-8-12-6-5-7-13(10-12)19-3/h5-7,10-11,14H,4,8-9,16H2,1-3H3,(H,17,18)/t11?,14-/m0/s1. The number of methoxy groups -OCH3 is 1. The summed E-state index contributed by atoms with van der Waals surface area (Å²) < 4.78 is 5.16. The van der Waals surface area contributed by atoms with Crippen LogP contribution < -0.4 is 15.8 Å². The van der Waals surface area contributed by atoms with Gasteiger partial charge in [-0.15, -0.1) is 0 Å². The van der Waals surface area contributed by atoms with Crippen molar-refractivity contribution in [1.82, 2.24) is 5.32 Å². The molecule has 0 aromatic heterocycles. The van der Waals surface area contributed by atoms with E-state index < -0.39 is 6.04 Å². The fourth-order valence-electron chi connectivity index (χ4n) is 1.79. The van der Waals surface area contributed by atoms with Gasteiger partial charge in [0.15, 0.2) is 0 Å². The Morgan fingerprint density at radius 3 is 2.84 bits per heavy atom. The third-order valence-electron chi connectivity index (χ3n) is 3.41. The van der Waals surface area contributed by atoms with Gasteiger partial charge in [-0.3, -0.25) is 4.79 Å². The van der Waals surface area contributed by atoms with Crippen LogP contribution in [0.15, 0.2) is 24.3 Å². The molecule has 0 bridgehead atoms. The molecule has 0 aliphatic rings. The summed E-state index contributed by atoms with van der Waals surface area (Å²) in [6.45, 7) is 4.62. The molecule has 0 radical (unpaired) electrons. The molecule has 0 spiro atoms. The summed E-state index contributed by atoms with van der Waals surface area (Å²) in [6.07, 6.45) is 1.68. The van der Waals surface area contributed by atoms with E-state index in [4.69, 9.17) is 10.5 Å². The van der Waals surface area contributed by atoms with E-state index in [2.05, 4.69) is 5.32 Å². The van der Waals surface area contributed by atoms with Gasteiger partial charge in [0.25, 0.3) is 0 Å². The van der Waals surface area contributed by atoms with E-state index in [1.54, 1.807) is 7.11 Å². The number of ether oxygens (including phenoxy) is 1. The van der Waals surface area contributed by atoms with Crippen LogP contribution >= 0.6 is 0 Å². The monoisotopic (exact) mass is 264 g/mol. The van der Waals surface area contributed by atoms with Gasteiger partial charge in [-0.05, 0) is 30.0 Å². The predicted molar refractivity (Wildman–Crippen MR) is 77.1 cm³/mol. The lowest BCUT2D eigenvalue weighted by molar-refractivity contribution is -0.123. The van der Waals surface area contributed by atoms with Crippen LogP contribution in [-0.2, 0) is 11.2 Å². The number of hydrogen-bond donors (Lipinski definition) is 2. The van der Waals surface area contributed by atoms with Crippen LogP contribution in [0.4, 0.5) is 0 Å². The average Bonchev–Trinajstić information content (AvgIpc) is 2.45. The van der Waals surface area contributed by atoms with Gasteiger partial charge in [-0.1, -0.05) is 32.4 Å². The average molecular weight is 264 g/mol. The number of hydrogen-bond acceptors (Lipinski definition) is 3. The molecule has 4 heteroatoms. The van der Waals surface area contributed by atoms with Crippen LogP contribution in [0, 0.1) is 5.92 Å². The lowest BCUT2D eigenvalue weighted by Crippen LogP contribution is -2.45. The molecule has 19 heavy (non-hydrogen) atoms. The second-order valence-corrected chi connectivity index (χ2v) is 4.80. The van der Waals surface area contributed by atoms with Crippen molar-refractivity contribution in [1.29, 1.82) is 0 Å². The van der Waals surface area contributed by atoms with Crippen molar-refractivity contribution in [2.45, 2.75) is 32.7 Å². The maximum Gasteiger partial charge on any atom is 0.237 e. The van der Waals surface area contributed by atoms with Crippen molar-refractivity contribution in [2.75, 3.05) is 13.7 Å². The first-order valence-electron chi connectivity index (χ1n) is 6.74.